The summed E-state index contributed by atoms with van der Waals surface area (Å²) in [6.07, 6.45) is 2.99. The quantitative estimate of drug-likeness (QED) is 0.729. The summed E-state index contributed by atoms with van der Waals surface area (Å²) in [4.78, 5) is 28.8. The first-order valence-corrected chi connectivity index (χ1v) is 8.59. The summed E-state index contributed by atoms with van der Waals surface area (Å²) in [5.41, 5.74) is 6.10. The van der Waals surface area contributed by atoms with Gasteiger partial charge in [-0.1, -0.05) is 15.9 Å². The second kappa shape index (κ2) is 6.77. The summed E-state index contributed by atoms with van der Waals surface area (Å²) in [5.74, 6) is 0.455. The van der Waals surface area contributed by atoms with Crippen LogP contribution in [0.2, 0.25) is 0 Å². The molecule has 1 aromatic carbocycles. The number of rotatable bonds is 3. The first-order valence-electron chi connectivity index (χ1n) is 6.98. The molecule has 3 N–H and O–H groups in total. The number of aromatic nitrogens is 1. The van der Waals surface area contributed by atoms with Gasteiger partial charge < -0.3 is 15.6 Å². The maximum atomic E-state index is 12.0. The molecule has 25 heavy (non-hydrogen) atoms. The van der Waals surface area contributed by atoms with Gasteiger partial charge in [0.05, 0.1) is 11.1 Å². The predicted octanol–water partition coefficient (Wildman–Crippen LogP) is 3.59. The summed E-state index contributed by atoms with van der Waals surface area (Å²) >= 11 is 4.18. The second-order valence-electron chi connectivity index (χ2n) is 5.10. The number of carbonyl (C=O) groups excluding carboxylic acids is 2. The SMILES string of the molecule is CN1C(=O)S/C(=C\c2cc(Oc3ccc(N)nc3)c(O)cc2Br)C1=O. The van der Waals surface area contributed by atoms with E-state index < -0.39 is 0 Å². The number of likely N-dealkylation sites (N-methyl/N-ethyl adjacent to an activating group) is 1. The lowest BCUT2D eigenvalue weighted by molar-refractivity contribution is -0.121. The molecule has 0 spiro atoms. The molecule has 0 atom stereocenters. The minimum absolute atomic E-state index is 0.0931. The van der Waals surface area contributed by atoms with Crippen LogP contribution >= 0.6 is 27.7 Å². The van der Waals surface area contributed by atoms with E-state index in [1.807, 2.05) is 0 Å². The molecule has 0 bridgehead atoms. The third-order valence-electron chi connectivity index (χ3n) is 3.34. The van der Waals surface area contributed by atoms with Gasteiger partial charge in [-0.05, 0) is 47.7 Å². The van der Waals surface area contributed by atoms with Crippen LogP contribution < -0.4 is 10.5 Å². The number of nitrogen functional groups attached to an aromatic ring is 1. The molecule has 0 unspecified atom stereocenters. The van der Waals surface area contributed by atoms with Crippen molar-refractivity contribution in [2.75, 3.05) is 12.8 Å². The van der Waals surface area contributed by atoms with E-state index in [1.165, 1.54) is 19.3 Å². The summed E-state index contributed by atoms with van der Waals surface area (Å²) in [6, 6.07) is 6.19. The van der Waals surface area contributed by atoms with E-state index in [0.29, 0.717) is 26.5 Å². The van der Waals surface area contributed by atoms with Crippen molar-refractivity contribution in [1.82, 2.24) is 9.88 Å². The van der Waals surface area contributed by atoms with Crippen molar-refractivity contribution in [1.29, 1.82) is 0 Å². The molecule has 1 fully saturated rings. The number of imide groups is 1. The van der Waals surface area contributed by atoms with Crippen LogP contribution in [-0.4, -0.2) is 33.2 Å². The average Bonchev–Trinajstić information content (AvgIpc) is 2.81. The van der Waals surface area contributed by atoms with E-state index in [-0.39, 0.29) is 22.6 Å². The molecule has 2 amide bonds. The molecule has 0 radical (unpaired) electrons. The zero-order chi connectivity index (χ0) is 18.1. The van der Waals surface area contributed by atoms with E-state index in [1.54, 1.807) is 24.3 Å². The zero-order valence-electron chi connectivity index (χ0n) is 12.9. The van der Waals surface area contributed by atoms with Crippen LogP contribution in [0.1, 0.15) is 5.56 Å². The maximum absolute atomic E-state index is 12.0. The van der Waals surface area contributed by atoms with Gasteiger partial charge in [-0.15, -0.1) is 0 Å². The Morgan fingerprint density at radius 3 is 2.72 bits per heavy atom. The Morgan fingerprint density at radius 2 is 2.12 bits per heavy atom. The highest BCUT2D eigenvalue weighted by molar-refractivity contribution is 9.10. The Bertz CT molecular complexity index is 899. The normalized spacial score (nSPS) is 15.9. The monoisotopic (exact) mass is 421 g/mol. The first-order chi connectivity index (χ1) is 11.8. The van der Waals surface area contributed by atoms with Crippen LogP contribution in [0.25, 0.3) is 6.08 Å². The molecule has 1 aromatic heterocycles. The smallest absolute Gasteiger partial charge is 0.293 e. The van der Waals surface area contributed by atoms with Gasteiger partial charge in [0.1, 0.15) is 11.6 Å². The number of thioether (sulfide) groups is 1. The number of nitrogens with zero attached hydrogens (tertiary/aromatic N) is 2. The molecule has 2 heterocycles. The van der Waals surface area contributed by atoms with Crippen LogP contribution in [-0.2, 0) is 4.79 Å². The molecular weight excluding hydrogens is 410 g/mol. The topological polar surface area (TPSA) is 106 Å². The van der Waals surface area contributed by atoms with Crippen molar-refractivity contribution in [3.05, 3.63) is 45.4 Å². The van der Waals surface area contributed by atoms with E-state index in [0.717, 1.165) is 16.7 Å². The lowest BCUT2D eigenvalue weighted by atomic mass is 10.2. The van der Waals surface area contributed by atoms with Crippen molar-refractivity contribution in [3.63, 3.8) is 0 Å². The average molecular weight is 422 g/mol. The number of nitrogens with two attached hydrogens (primary N) is 1. The molecule has 1 aliphatic heterocycles. The summed E-state index contributed by atoms with van der Waals surface area (Å²) in [6.45, 7) is 0. The largest absolute Gasteiger partial charge is 0.504 e. The number of hydrogen-bond donors (Lipinski definition) is 2. The Labute approximate surface area is 155 Å². The fourth-order valence-electron chi connectivity index (χ4n) is 2.02. The molecular formula is C16H12BrN3O4S. The van der Waals surface area contributed by atoms with Gasteiger partial charge in [0.15, 0.2) is 11.5 Å². The molecule has 3 rings (SSSR count). The van der Waals surface area contributed by atoms with Gasteiger partial charge >= 0.3 is 0 Å². The van der Waals surface area contributed by atoms with Crippen LogP contribution in [0.15, 0.2) is 39.8 Å². The van der Waals surface area contributed by atoms with Crippen molar-refractivity contribution >= 4 is 50.7 Å². The number of anilines is 1. The third kappa shape index (κ3) is 3.62. The highest BCUT2D eigenvalue weighted by Gasteiger charge is 2.32. The minimum atomic E-state index is -0.375. The number of benzene rings is 1. The fourth-order valence-corrected chi connectivity index (χ4v) is 3.28. The Balaban J connectivity index is 1.94. The van der Waals surface area contributed by atoms with Crippen LogP contribution in [0.4, 0.5) is 10.6 Å². The van der Waals surface area contributed by atoms with Crippen molar-refractivity contribution in [2.24, 2.45) is 0 Å². The second-order valence-corrected chi connectivity index (χ2v) is 6.95. The summed E-state index contributed by atoms with van der Waals surface area (Å²) < 4.78 is 6.16. The van der Waals surface area contributed by atoms with E-state index in [4.69, 9.17) is 10.5 Å². The van der Waals surface area contributed by atoms with Gasteiger partial charge in [0, 0.05) is 11.5 Å². The first kappa shape index (κ1) is 17.3. The van der Waals surface area contributed by atoms with Crippen molar-refractivity contribution in [2.45, 2.75) is 0 Å². The number of pyridine rings is 1. The van der Waals surface area contributed by atoms with Gasteiger partial charge in [-0.2, -0.15) is 0 Å². The molecule has 1 aliphatic rings. The van der Waals surface area contributed by atoms with E-state index >= 15 is 0 Å². The van der Waals surface area contributed by atoms with Gasteiger partial charge in [-0.3, -0.25) is 14.5 Å². The number of amides is 2. The number of phenols is 1. The number of ether oxygens (including phenoxy) is 1. The third-order valence-corrected chi connectivity index (χ3v) is 4.99. The van der Waals surface area contributed by atoms with Crippen LogP contribution in [0.3, 0.4) is 0 Å². The van der Waals surface area contributed by atoms with Crippen LogP contribution in [0, 0.1) is 0 Å². The molecule has 2 aromatic rings. The van der Waals surface area contributed by atoms with E-state index in [2.05, 4.69) is 20.9 Å². The summed E-state index contributed by atoms with van der Waals surface area (Å²) in [7, 11) is 1.42. The standard InChI is InChI=1S/C16H12BrN3O4S/c1-20-15(22)13(25-16(20)23)5-8-4-12(11(21)6-10(8)17)24-9-2-3-14(18)19-7-9/h2-7,21H,1H3,(H2,18,19)/b13-5-. The number of halogens is 1. The number of phenolic OH excluding ortho intramolecular Hbond substituents is 1. The Hall–Kier alpha value is -2.52. The van der Waals surface area contributed by atoms with Crippen molar-refractivity contribution in [3.8, 4) is 17.2 Å². The fraction of sp³-hybridized carbons (Fsp3) is 0.0625. The number of aromatic hydroxyl groups is 1. The molecule has 128 valence electrons. The maximum Gasteiger partial charge on any atom is 0.293 e. The molecule has 0 aliphatic carbocycles. The molecule has 0 saturated carbocycles. The molecule has 7 nitrogen and oxygen atoms in total. The lowest BCUT2D eigenvalue weighted by Gasteiger charge is -2.10. The van der Waals surface area contributed by atoms with Crippen molar-refractivity contribution < 1.29 is 19.4 Å². The molecule has 9 heteroatoms. The van der Waals surface area contributed by atoms with Gasteiger partial charge in [-0.25, -0.2) is 4.98 Å². The highest BCUT2D eigenvalue weighted by atomic mass is 79.9. The molecule has 1 saturated heterocycles. The predicted molar refractivity (Wildman–Crippen MR) is 98.3 cm³/mol. The highest BCUT2D eigenvalue weighted by Crippen LogP contribution is 2.38. The zero-order valence-corrected chi connectivity index (χ0v) is 15.3. The number of hydrogen-bond acceptors (Lipinski definition) is 7. The van der Waals surface area contributed by atoms with Gasteiger partial charge in [0.2, 0.25) is 0 Å². The lowest BCUT2D eigenvalue weighted by Crippen LogP contribution is -2.22. The van der Waals surface area contributed by atoms with Crippen LogP contribution in [0.5, 0.6) is 17.2 Å². The number of carbonyl (C=O) groups is 2. The van der Waals surface area contributed by atoms with Gasteiger partial charge in [0.25, 0.3) is 11.1 Å². The van der Waals surface area contributed by atoms with E-state index in [9.17, 15) is 14.7 Å². The Morgan fingerprint density at radius 1 is 1.36 bits per heavy atom. The Kier molecular flexibility index (Phi) is 4.69. The summed E-state index contributed by atoms with van der Waals surface area (Å²) in [5, 5.41) is 9.74. The minimum Gasteiger partial charge on any atom is -0.504 e.